The van der Waals surface area contributed by atoms with Crippen molar-refractivity contribution in [3.8, 4) is 0 Å². The zero-order chi connectivity index (χ0) is 16.8. The Morgan fingerprint density at radius 1 is 1.23 bits per heavy atom. The molecule has 0 heterocycles. The van der Waals surface area contributed by atoms with Crippen LogP contribution in [0.1, 0.15) is 65.7 Å². The lowest BCUT2D eigenvalue weighted by Crippen LogP contribution is -2.51. The minimum atomic E-state index is -0.785. The first-order valence-electron chi connectivity index (χ1n) is 8.08. The maximum Gasteiger partial charge on any atom is 0.407 e. The fourth-order valence-corrected chi connectivity index (χ4v) is 2.93. The number of carbonyl (C=O) groups is 2. The number of hydrogen-bond donors (Lipinski definition) is 3. The summed E-state index contributed by atoms with van der Waals surface area (Å²) in [5.74, 6) is -0.614. The molecule has 0 bridgehead atoms. The summed E-state index contributed by atoms with van der Waals surface area (Å²) in [7, 11) is 0. The van der Waals surface area contributed by atoms with E-state index in [0.717, 1.165) is 25.7 Å². The van der Waals surface area contributed by atoms with Crippen LogP contribution in [0.3, 0.4) is 0 Å². The predicted octanol–water partition coefficient (Wildman–Crippen LogP) is 2.69. The highest BCUT2D eigenvalue weighted by Gasteiger charge is 2.34. The molecule has 1 saturated carbocycles. The van der Waals surface area contributed by atoms with Crippen molar-refractivity contribution in [2.24, 2.45) is 5.92 Å². The summed E-state index contributed by atoms with van der Waals surface area (Å²) >= 11 is 0. The molecule has 22 heavy (non-hydrogen) atoms. The average Bonchev–Trinajstić information content (AvgIpc) is 2.35. The molecular weight excluding hydrogens is 286 g/mol. The number of rotatable bonds is 6. The predicted molar refractivity (Wildman–Crippen MR) is 82.6 cm³/mol. The van der Waals surface area contributed by atoms with E-state index >= 15 is 0 Å². The van der Waals surface area contributed by atoms with Crippen LogP contribution in [0, 0.1) is 5.92 Å². The number of aliphatic hydroxyl groups is 1. The molecule has 0 aliphatic heterocycles. The van der Waals surface area contributed by atoms with E-state index in [2.05, 4.69) is 5.32 Å². The van der Waals surface area contributed by atoms with Crippen LogP contribution in [-0.4, -0.2) is 40.0 Å². The summed E-state index contributed by atoms with van der Waals surface area (Å²) in [5.41, 5.74) is -0.569. The van der Waals surface area contributed by atoms with Crippen molar-refractivity contribution < 1.29 is 24.5 Å². The van der Waals surface area contributed by atoms with Gasteiger partial charge in [-0.15, -0.1) is 0 Å². The van der Waals surface area contributed by atoms with Crippen molar-refractivity contribution in [1.82, 2.24) is 5.32 Å². The quantitative estimate of drug-likeness (QED) is 0.655. The third-order valence-electron chi connectivity index (χ3n) is 3.90. The van der Waals surface area contributed by atoms with Crippen LogP contribution in [0.25, 0.3) is 0 Å². The third kappa shape index (κ3) is 7.11. The maximum absolute atomic E-state index is 11.9. The van der Waals surface area contributed by atoms with Gasteiger partial charge in [0.05, 0.1) is 12.1 Å². The highest BCUT2D eigenvalue weighted by Crippen LogP contribution is 2.29. The topological polar surface area (TPSA) is 95.9 Å². The monoisotopic (exact) mass is 315 g/mol. The van der Waals surface area contributed by atoms with Gasteiger partial charge in [-0.05, 0) is 52.4 Å². The first-order chi connectivity index (χ1) is 10.2. The number of hydrogen-bond acceptors (Lipinski definition) is 4. The normalized spacial score (nSPS) is 25.5. The zero-order valence-corrected chi connectivity index (χ0v) is 13.8. The van der Waals surface area contributed by atoms with Crippen LogP contribution >= 0.6 is 0 Å². The second-order valence-electron chi connectivity index (χ2n) is 7.07. The van der Waals surface area contributed by atoms with Gasteiger partial charge in [0.25, 0.3) is 0 Å². The van der Waals surface area contributed by atoms with E-state index in [9.17, 15) is 14.7 Å². The standard InChI is InChI=1S/C16H29NO5/c1-16(2,3)22-15(21)17-14-11(8-6-9-12(14)18)7-4-5-10-13(19)20/h11-12,14,18H,4-10H2,1-3H3,(H,17,21)(H,19,20)/t11?,12-,14-/m0/s1. The molecule has 0 aromatic rings. The summed E-state index contributed by atoms with van der Waals surface area (Å²) in [6, 6.07) is -0.312. The van der Waals surface area contributed by atoms with Gasteiger partial charge in [-0.1, -0.05) is 12.8 Å². The first-order valence-corrected chi connectivity index (χ1v) is 8.08. The van der Waals surface area contributed by atoms with Crippen molar-refractivity contribution in [2.75, 3.05) is 0 Å². The minimum absolute atomic E-state index is 0.166. The number of amides is 1. The number of alkyl carbamates (subject to hydrolysis) is 1. The Morgan fingerprint density at radius 2 is 1.91 bits per heavy atom. The van der Waals surface area contributed by atoms with E-state index in [0.29, 0.717) is 12.8 Å². The van der Waals surface area contributed by atoms with Crippen molar-refractivity contribution in [3.63, 3.8) is 0 Å². The maximum atomic E-state index is 11.9. The van der Waals surface area contributed by atoms with Crippen LogP contribution in [0.5, 0.6) is 0 Å². The highest BCUT2D eigenvalue weighted by atomic mass is 16.6. The Balaban J connectivity index is 2.50. The average molecular weight is 315 g/mol. The summed E-state index contributed by atoms with van der Waals surface area (Å²) in [4.78, 5) is 22.4. The van der Waals surface area contributed by atoms with Gasteiger partial charge in [0.1, 0.15) is 5.60 Å². The molecular formula is C16H29NO5. The van der Waals surface area contributed by atoms with Gasteiger partial charge in [0.15, 0.2) is 0 Å². The number of carboxylic acid groups (broad SMARTS) is 1. The molecule has 1 unspecified atom stereocenters. The molecule has 1 amide bonds. The van der Waals surface area contributed by atoms with E-state index in [-0.39, 0.29) is 18.4 Å². The van der Waals surface area contributed by atoms with E-state index in [1.807, 2.05) is 0 Å². The number of aliphatic hydroxyl groups excluding tert-OH is 1. The largest absolute Gasteiger partial charge is 0.481 e. The minimum Gasteiger partial charge on any atom is -0.481 e. The molecule has 0 saturated heterocycles. The lowest BCUT2D eigenvalue weighted by atomic mass is 9.79. The molecule has 1 aliphatic rings. The third-order valence-corrected chi connectivity index (χ3v) is 3.90. The fourth-order valence-electron chi connectivity index (χ4n) is 2.93. The fraction of sp³-hybridized carbons (Fsp3) is 0.875. The van der Waals surface area contributed by atoms with Crippen LogP contribution in [-0.2, 0) is 9.53 Å². The Morgan fingerprint density at radius 3 is 2.50 bits per heavy atom. The van der Waals surface area contributed by atoms with Crippen molar-refractivity contribution in [1.29, 1.82) is 0 Å². The first kappa shape index (κ1) is 18.7. The SMILES string of the molecule is CC(C)(C)OC(=O)N[C@H]1C(CCCCC(=O)O)CCC[C@@H]1O. The Hall–Kier alpha value is -1.30. The van der Waals surface area contributed by atoms with E-state index in [1.165, 1.54) is 0 Å². The lowest BCUT2D eigenvalue weighted by molar-refractivity contribution is -0.137. The molecule has 0 aromatic heterocycles. The second kappa shape index (κ2) is 8.36. The molecule has 3 N–H and O–H groups in total. The van der Waals surface area contributed by atoms with Crippen LogP contribution < -0.4 is 5.32 Å². The number of nitrogens with one attached hydrogen (secondary N) is 1. The summed E-state index contributed by atoms with van der Waals surface area (Å²) < 4.78 is 5.26. The summed E-state index contributed by atoms with van der Waals surface area (Å²) in [5, 5.41) is 21.6. The second-order valence-corrected chi connectivity index (χ2v) is 7.07. The Kier molecular flexibility index (Phi) is 7.13. The van der Waals surface area contributed by atoms with Gasteiger partial charge in [-0.3, -0.25) is 4.79 Å². The molecule has 128 valence electrons. The number of unbranched alkanes of at least 4 members (excludes halogenated alkanes) is 1. The zero-order valence-electron chi connectivity index (χ0n) is 13.8. The van der Waals surface area contributed by atoms with Gasteiger partial charge in [0, 0.05) is 6.42 Å². The molecule has 6 nitrogen and oxygen atoms in total. The van der Waals surface area contributed by atoms with Gasteiger partial charge in [-0.2, -0.15) is 0 Å². The Labute approximate surface area is 132 Å². The molecule has 3 atom stereocenters. The van der Waals surface area contributed by atoms with E-state index in [1.54, 1.807) is 20.8 Å². The lowest BCUT2D eigenvalue weighted by Gasteiger charge is -2.36. The smallest absolute Gasteiger partial charge is 0.407 e. The number of ether oxygens (including phenoxy) is 1. The molecule has 1 fully saturated rings. The van der Waals surface area contributed by atoms with Crippen molar-refractivity contribution >= 4 is 12.1 Å². The molecule has 0 spiro atoms. The molecule has 0 aromatic carbocycles. The summed E-state index contributed by atoms with van der Waals surface area (Å²) in [6.07, 6.45) is 3.86. The van der Waals surface area contributed by atoms with Gasteiger partial charge in [-0.25, -0.2) is 4.79 Å². The highest BCUT2D eigenvalue weighted by molar-refractivity contribution is 5.68. The van der Waals surface area contributed by atoms with Gasteiger partial charge in [0.2, 0.25) is 0 Å². The van der Waals surface area contributed by atoms with Crippen LogP contribution in [0.2, 0.25) is 0 Å². The van der Waals surface area contributed by atoms with Gasteiger partial charge < -0.3 is 20.3 Å². The molecule has 1 rings (SSSR count). The summed E-state index contributed by atoms with van der Waals surface area (Å²) in [6.45, 7) is 5.40. The van der Waals surface area contributed by atoms with Crippen LogP contribution in [0.4, 0.5) is 4.79 Å². The van der Waals surface area contributed by atoms with Gasteiger partial charge >= 0.3 is 12.1 Å². The van der Waals surface area contributed by atoms with Crippen LogP contribution in [0.15, 0.2) is 0 Å². The number of aliphatic carboxylic acids is 1. The Bertz CT molecular complexity index is 377. The molecule has 6 heteroatoms. The van der Waals surface area contributed by atoms with E-state index < -0.39 is 23.8 Å². The molecule has 0 radical (unpaired) electrons. The van der Waals surface area contributed by atoms with E-state index in [4.69, 9.17) is 9.84 Å². The molecule has 1 aliphatic carbocycles. The van der Waals surface area contributed by atoms with Crippen molar-refractivity contribution in [3.05, 3.63) is 0 Å². The number of carbonyl (C=O) groups excluding carboxylic acids is 1. The number of carboxylic acids is 1. The van der Waals surface area contributed by atoms with Crippen molar-refractivity contribution in [2.45, 2.75) is 83.5 Å².